The van der Waals surface area contributed by atoms with Gasteiger partial charge in [-0.05, 0) is 44.1 Å². The van der Waals surface area contributed by atoms with Crippen LogP contribution in [0.4, 0.5) is 5.82 Å². The van der Waals surface area contributed by atoms with Crippen LogP contribution in [-0.4, -0.2) is 27.7 Å². The van der Waals surface area contributed by atoms with Gasteiger partial charge >= 0.3 is 0 Å². The van der Waals surface area contributed by atoms with Crippen molar-refractivity contribution in [1.29, 1.82) is 0 Å². The molecule has 0 amide bonds. The number of anilines is 1. The zero-order valence-corrected chi connectivity index (χ0v) is 13.8. The average molecular weight is 305 g/mol. The topological polar surface area (TPSA) is 58.0 Å². The summed E-state index contributed by atoms with van der Waals surface area (Å²) >= 11 is 1.82. The monoisotopic (exact) mass is 305 g/mol. The van der Waals surface area contributed by atoms with E-state index in [1.807, 2.05) is 18.3 Å². The minimum absolute atomic E-state index is 0.0561. The molecule has 2 unspecified atom stereocenters. The molecule has 0 saturated heterocycles. The van der Waals surface area contributed by atoms with Crippen molar-refractivity contribution in [3.8, 4) is 0 Å². The molecular formula is C16H23N3OS. The first-order chi connectivity index (χ1) is 10.1. The van der Waals surface area contributed by atoms with E-state index < -0.39 is 0 Å². The van der Waals surface area contributed by atoms with Gasteiger partial charge in [0, 0.05) is 4.88 Å². The van der Waals surface area contributed by atoms with Gasteiger partial charge in [-0.1, -0.05) is 13.8 Å². The molecule has 2 aromatic heterocycles. The summed E-state index contributed by atoms with van der Waals surface area (Å²) in [6.07, 6.45) is 4.40. The Hall–Kier alpha value is -1.20. The van der Waals surface area contributed by atoms with Gasteiger partial charge in [-0.25, -0.2) is 9.97 Å². The molecule has 3 rings (SSSR count). The van der Waals surface area contributed by atoms with Crippen molar-refractivity contribution in [2.45, 2.75) is 52.5 Å². The lowest BCUT2D eigenvalue weighted by molar-refractivity contribution is 0.271. The number of hydrogen-bond donors (Lipinski definition) is 2. The summed E-state index contributed by atoms with van der Waals surface area (Å²) in [6, 6.07) is 0.0561. The third-order valence-corrected chi connectivity index (χ3v) is 5.47. The number of aliphatic hydroxyl groups excluding tert-OH is 1. The highest BCUT2D eigenvalue weighted by Crippen LogP contribution is 2.40. The smallest absolute Gasteiger partial charge is 0.139 e. The van der Waals surface area contributed by atoms with Crippen molar-refractivity contribution in [1.82, 2.24) is 9.97 Å². The molecule has 2 aromatic rings. The summed E-state index contributed by atoms with van der Waals surface area (Å²) in [5.41, 5.74) is 1.43. The number of fused-ring (bicyclic) bond motifs is 3. The van der Waals surface area contributed by atoms with Crippen LogP contribution in [0.25, 0.3) is 10.2 Å². The van der Waals surface area contributed by atoms with Gasteiger partial charge < -0.3 is 10.4 Å². The van der Waals surface area contributed by atoms with Crippen LogP contribution in [0, 0.1) is 12.8 Å². The summed E-state index contributed by atoms with van der Waals surface area (Å²) in [4.78, 5) is 11.8. The maximum Gasteiger partial charge on any atom is 0.139 e. The Labute approximate surface area is 129 Å². The predicted molar refractivity (Wildman–Crippen MR) is 88.1 cm³/mol. The SMILES string of the molecule is CCC(CO)Nc1nc(C)nc2sc3c(c12)CCC(C)C3. The molecule has 0 spiro atoms. The van der Waals surface area contributed by atoms with Crippen LogP contribution in [0.3, 0.4) is 0 Å². The third-order valence-electron chi connectivity index (χ3n) is 4.32. The van der Waals surface area contributed by atoms with Crippen LogP contribution in [0.15, 0.2) is 0 Å². The van der Waals surface area contributed by atoms with Crippen molar-refractivity contribution in [2.24, 2.45) is 5.92 Å². The summed E-state index contributed by atoms with van der Waals surface area (Å²) in [6.45, 7) is 6.46. The molecule has 2 atom stereocenters. The van der Waals surface area contributed by atoms with Crippen LogP contribution in [-0.2, 0) is 12.8 Å². The van der Waals surface area contributed by atoms with Crippen LogP contribution in [0.2, 0.25) is 0 Å². The van der Waals surface area contributed by atoms with Gasteiger partial charge in [0.1, 0.15) is 16.5 Å². The molecule has 5 heteroatoms. The van der Waals surface area contributed by atoms with Crippen molar-refractivity contribution < 1.29 is 5.11 Å². The summed E-state index contributed by atoms with van der Waals surface area (Å²) in [5, 5.41) is 14.1. The van der Waals surface area contributed by atoms with Crippen LogP contribution >= 0.6 is 11.3 Å². The highest BCUT2D eigenvalue weighted by atomic mass is 32.1. The zero-order chi connectivity index (χ0) is 15.0. The van der Waals surface area contributed by atoms with E-state index in [0.29, 0.717) is 0 Å². The van der Waals surface area contributed by atoms with Gasteiger partial charge in [0.05, 0.1) is 18.0 Å². The van der Waals surface area contributed by atoms with Crippen LogP contribution in [0.5, 0.6) is 0 Å². The van der Waals surface area contributed by atoms with E-state index in [1.165, 1.54) is 22.2 Å². The second kappa shape index (κ2) is 5.89. The van der Waals surface area contributed by atoms with Gasteiger partial charge in [-0.3, -0.25) is 0 Å². The lowest BCUT2D eigenvalue weighted by atomic mass is 9.89. The first-order valence-corrected chi connectivity index (χ1v) is 8.60. The fourth-order valence-electron chi connectivity index (χ4n) is 3.02. The molecule has 4 nitrogen and oxygen atoms in total. The quantitative estimate of drug-likeness (QED) is 0.910. The molecule has 114 valence electrons. The Morgan fingerprint density at radius 1 is 1.43 bits per heavy atom. The Bertz CT molecular complexity index is 648. The molecule has 0 aliphatic heterocycles. The molecule has 0 aromatic carbocycles. The number of nitrogens with one attached hydrogen (secondary N) is 1. The van der Waals surface area contributed by atoms with E-state index in [1.54, 1.807) is 0 Å². The molecule has 0 bridgehead atoms. The highest BCUT2D eigenvalue weighted by Gasteiger charge is 2.24. The fraction of sp³-hybridized carbons (Fsp3) is 0.625. The number of hydrogen-bond acceptors (Lipinski definition) is 5. The number of rotatable bonds is 4. The van der Waals surface area contributed by atoms with Crippen molar-refractivity contribution in [3.63, 3.8) is 0 Å². The average Bonchev–Trinajstić information content (AvgIpc) is 2.81. The number of nitrogens with zero attached hydrogens (tertiary/aromatic N) is 2. The highest BCUT2D eigenvalue weighted by molar-refractivity contribution is 7.19. The first-order valence-electron chi connectivity index (χ1n) is 7.78. The Kier molecular flexibility index (Phi) is 4.13. The number of thiophene rings is 1. The maximum atomic E-state index is 9.45. The molecular weight excluding hydrogens is 282 g/mol. The van der Waals surface area contributed by atoms with E-state index in [4.69, 9.17) is 0 Å². The van der Waals surface area contributed by atoms with Gasteiger partial charge in [0.15, 0.2) is 0 Å². The normalized spacial score (nSPS) is 19.5. The van der Waals surface area contributed by atoms with E-state index >= 15 is 0 Å². The Morgan fingerprint density at radius 3 is 2.95 bits per heavy atom. The number of aliphatic hydroxyl groups is 1. The molecule has 2 N–H and O–H groups in total. The minimum Gasteiger partial charge on any atom is -0.394 e. The second-order valence-electron chi connectivity index (χ2n) is 6.08. The van der Waals surface area contributed by atoms with E-state index in [0.717, 1.165) is 41.7 Å². The summed E-state index contributed by atoms with van der Waals surface area (Å²) in [5.74, 6) is 2.46. The van der Waals surface area contributed by atoms with Crippen molar-refractivity contribution in [3.05, 3.63) is 16.3 Å². The summed E-state index contributed by atoms with van der Waals surface area (Å²) in [7, 11) is 0. The van der Waals surface area contributed by atoms with E-state index in [-0.39, 0.29) is 12.6 Å². The van der Waals surface area contributed by atoms with Gasteiger partial charge in [-0.15, -0.1) is 11.3 Å². The predicted octanol–water partition coefficient (Wildman–Crippen LogP) is 3.31. The minimum atomic E-state index is 0.0561. The Balaban J connectivity index is 2.10. The van der Waals surface area contributed by atoms with Crippen molar-refractivity contribution in [2.75, 3.05) is 11.9 Å². The molecule has 1 aliphatic rings. The zero-order valence-electron chi connectivity index (χ0n) is 12.9. The third kappa shape index (κ3) is 2.77. The molecule has 21 heavy (non-hydrogen) atoms. The summed E-state index contributed by atoms with van der Waals surface area (Å²) < 4.78 is 0. The van der Waals surface area contributed by atoms with Crippen LogP contribution < -0.4 is 5.32 Å². The fourth-order valence-corrected chi connectivity index (χ4v) is 4.45. The van der Waals surface area contributed by atoms with E-state index in [2.05, 4.69) is 29.1 Å². The van der Waals surface area contributed by atoms with Gasteiger partial charge in [0.2, 0.25) is 0 Å². The molecule has 0 fully saturated rings. The number of aryl methyl sites for hydroxylation is 2. The number of aromatic nitrogens is 2. The van der Waals surface area contributed by atoms with Gasteiger partial charge in [0.25, 0.3) is 0 Å². The molecule has 0 radical (unpaired) electrons. The largest absolute Gasteiger partial charge is 0.394 e. The van der Waals surface area contributed by atoms with Crippen molar-refractivity contribution >= 4 is 27.4 Å². The Morgan fingerprint density at radius 2 is 2.24 bits per heavy atom. The standard InChI is InChI=1S/C16H23N3OS/c1-4-11(8-20)19-15-14-12-6-5-9(2)7-13(12)21-16(14)18-10(3)17-15/h9,11,20H,4-8H2,1-3H3,(H,17,18,19). The maximum absolute atomic E-state index is 9.45. The van der Waals surface area contributed by atoms with E-state index in [9.17, 15) is 5.11 Å². The lowest BCUT2D eigenvalue weighted by Crippen LogP contribution is -2.23. The molecule has 1 aliphatic carbocycles. The first kappa shape index (κ1) is 14.7. The molecule has 0 saturated carbocycles. The lowest BCUT2D eigenvalue weighted by Gasteiger charge is -2.19. The second-order valence-corrected chi connectivity index (χ2v) is 7.17. The van der Waals surface area contributed by atoms with Crippen LogP contribution in [0.1, 0.15) is 43.0 Å². The molecule has 2 heterocycles. The van der Waals surface area contributed by atoms with Gasteiger partial charge in [-0.2, -0.15) is 0 Å².